The van der Waals surface area contributed by atoms with Gasteiger partial charge in [0.15, 0.2) is 0 Å². The van der Waals surface area contributed by atoms with E-state index in [4.69, 9.17) is 10.3 Å². The molecule has 3 rings (SSSR count). The summed E-state index contributed by atoms with van der Waals surface area (Å²) in [5.74, 6) is 0.437. The molecule has 3 aromatic rings. The summed E-state index contributed by atoms with van der Waals surface area (Å²) in [6.45, 7) is 0. The topological polar surface area (TPSA) is 93.6 Å². The first kappa shape index (κ1) is 11.8. The Kier molecular flexibility index (Phi) is 2.79. The Morgan fingerprint density at radius 2 is 2.16 bits per heavy atom. The molecular weight excluding hydrogens is 317 g/mol. The van der Waals surface area contributed by atoms with E-state index in [1.165, 1.54) is 18.3 Å². The Hall–Kier alpha value is -2.22. The van der Waals surface area contributed by atoms with Gasteiger partial charge in [-0.1, -0.05) is 21.1 Å². The van der Waals surface area contributed by atoms with E-state index in [-0.39, 0.29) is 11.7 Å². The minimum absolute atomic E-state index is 0.224. The molecule has 8 heteroatoms. The second-order valence-corrected chi connectivity index (χ2v) is 4.69. The highest BCUT2D eigenvalue weighted by molar-refractivity contribution is 9.10. The predicted molar refractivity (Wildman–Crippen MR) is 69.4 cm³/mol. The first-order chi connectivity index (χ1) is 9.13. The number of nitrogens with one attached hydrogen (secondary N) is 1. The molecule has 0 atom stereocenters. The third-order valence-electron chi connectivity index (χ3n) is 2.45. The number of nitrogen functional groups attached to an aromatic ring is 1. The fourth-order valence-electron chi connectivity index (χ4n) is 1.60. The summed E-state index contributed by atoms with van der Waals surface area (Å²) in [6, 6.07) is 4.35. The Balaban J connectivity index is 2.04. The monoisotopic (exact) mass is 323 g/mol. The standard InChI is InChI=1S/C11H7BrFN5O/c12-6-1-5(2-7(13)3-6)10-16-11(19-18-10)8-4-15-17-9(8)14/h1-4H,(H3,14,15,17). The molecule has 0 aliphatic heterocycles. The van der Waals surface area contributed by atoms with Gasteiger partial charge < -0.3 is 10.3 Å². The molecule has 0 saturated carbocycles. The van der Waals surface area contributed by atoms with Crippen molar-refractivity contribution < 1.29 is 8.91 Å². The molecule has 96 valence electrons. The second kappa shape index (κ2) is 4.47. The fraction of sp³-hybridized carbons (Fsp3) is 0. The number of nitrogens with zero attached hydrogens (tertiary/aromatic N) is 3. The van der Waals surface area contributed by atoms with Gasteiger partial charge in [0.1, 0.15) is 17.2 Å². The zero-order valence-corrected chi connectivity index (χ0v) is 11.0. The number of nitrogens with two attached hydrogens (primary N) is 1. The lowest BCUT2D eigenvalue weighted by Crippen LogP contribution is -1.88. The summed E-state index contributed by atoms with van der Waals surface area (Å²) >= 11 is 3.21. The molecule has 0 aliphatic carbocycles. The quantitative estimate of drug-likeness (QED) is 0.756. The molecule has 0 amide bonds. The number of benzene rings is 1. The van der Waals surface area contributed by atoms with Crippen LogP contribution < -0.4 is 5.73 Å². The third-order valence-corrected chi connectivity index (χ3v) is 2.90. The Morgan fingerprint density at radius 3 is 2.84 bits per heavy atom. The van der Waals surface area contributed by atoms with Gasteiger partial charge in [0.25, 0.3) is 5.89 Å². The summed E-state index contributed by atoms with van der Waals surface area (Å²) in [7, 11) is 0. The maximum absolute atomic E-state index is 13.3. The molecule has 3 N–H and O–H groups in total. The molecule has 0 spiro atoms. The minimum atomic E-state index is -0.390. The van der Waals surface area contributed by atoms with Crippen molar-refractivity contribution in [2.75, 3.05) is 5.73 Å². The van der Waals surface area contributed by atoms with Crippen molar-refractivity contribution in [2.45, 2.75) is 0 Å². The van der Waals surface area contributed by atoms with Crippen molar-refractivity contribution in [1.29, 1.82) is 0 Å². The van der Waals surface area contributed by atoms with Crippen LogP contribution in [0, 0.1) is 5.82 Å². The number of aromatic amines is 1. The molecule has 1 aromatic carbocycles. The van der Waals surface area contributed by atoms with E-state index in [9.17, 15) is 4.39 Å². The Labute approximate surface area is 115 Å². The molecule has 2 heterocycles. The van der Waals surface area contributed by atoms with Gasteiger partial charge in [-0.3, -0.25) is 5.10 Å². The van der Waals surface area contributed by atoms with Crippen molar-refractivity contribution in [2.24, 2.45) is 0 Å². The number of aromatic nitrogens is 4. The number of hydrogen-bond acceptors (Lipinski definition) is 5. The summed E-state index contributed by atoms with van der Waals surface area (Å²) in [6.07, 6.45) is 1.48. The van der Waals surface area contributed by atoms with Crippen LogP contribution in [0.3, 0.4) is 0 Å². The van der Waals surface area contributed by atoms with Crippen LogP contribution in [0.1, 0.15) is 0 Å². The van der Waals surface area contributed by atoms with Gasteiger partial charge >= 0.3 is 0 Å². The second-order valence-electron chi connectivity index (χ2n) is 3.78. The summed E-state index contributed by atoms with van der Waals surface area (Å²) in [5, 5.41) is 10.1. The first-order valence-corrected chi connectivity index (χ1v) is 6.02. The van der Waals surface area contributed by atoms with Gasteiger partial charge in [-0.05, 0) is 18.2 Å². The zero-order valence-electron chi connectivity index (χ0n) is 9.39. The maximum Gasteiger partial charge on any atom is 0.263 e. The van der Waals surface area contributed by atoms with E-state index in [0.717, 1.165) is 0 Å². The summed E-state index contributed by atoms with van der Waals surface area (Å²) < 4.78 is 19.0. The van der Waals surface area contributed by atoms with Crippen molar-refractivity contribution in [3.05, 3.63) is 34.7 Å². The highest BCUT2D eigenvalue weighted by atomic mass is 79.9. The van der Waals surface area contributed by atoms with Gasteiger partial charge in [0, 0.05) is 10.0 Å². The van der Waals surface area contributed by atoms with Gasteiger partial charge in [-0.15, -0.1) is 0 Å². The highest BCUT2D eigenvalue weighted by Crippen LogP contribution is 2.26. The lowest BCUT2D eigenvalue weighted by Gasteiger charge is -1.96. The van der Waals surface area contributed by atoms with E-state index < -0.39 is 5.82 Å². The third kappa shape index (κ3) is 2.22. The van der Waals surface area contributed by atoms with Crippen LogP contribution >= 0.6 is 15.9 Å². The molecule has 0 saturated heterocycles. The van der Waals surface area contributed by atoms with Crippen LogP contribution in [0.25, 0.3) is 22.8 Å². The fourth-order valence-corrected chi connectivity index (χ4v) is 2.06. The van der Waals surface area contributed by atoms with Crippen molar-refractivity contribution in [3.63, 3.8) is 0 Å². The van der Waals surface area contributed by atoms with E-state index >= 15 is 0 Å². The van der Waals surface area contributed by atoms with Gasteiger partial charge in [0.2, 0.25) is 5.82 Å². The van der Waals surface area contributed by atoms with Crippen molar-refractivity contribution >= 4 is 21.7 Å². The van der Waals surface area contributed by atoms with E-state index in [2.05, 4.69) is 36.3 Å². The predicted octanol–water partition coefficient (Wildman–Crippen LogP) is 2.61. The minimum Gasteiger partial charge on any atom is -0.383 e. The largest absolute Gasteiger partial charge is 0.383 e. The van der Waals surface area contributed by atoms with Crippen LogP contribution in [0.5, 0.6) is 0 Å². The summed E-state index contributed by atoms with van der Waals surface area (Å²) in [4.78, 5) is 4.16. The number of H-pyrrole nitrogens is 1. The number of anilines is 1. The molecule has 0 bridgehead atoms. The Morgan fingerprint density at radius 1 is 1.32 bits per heavy atom. The molecule has 0 unspecified atom stereocenters. The van der Waals surface area contributed by atoms with E-state index in [1.807, 2.05) is 0 Å². The first-order valence-electron chi connectivity index (χ1n) is 5.23. The average molecular weight is 324 g/mol. The number of hydrogen-bond donors (Lipinski definition) is 2. The summed E-state index contributed by atoms with van der Waals surface area (Å²) in [5.41, 5.74) is 6.67. The van der Waals surface area contributed by atoms with Crippen LogP contribution in [0.2, 0.25) is 0 Å². The normalized spacial score (nSPS) is 10.8. The van der Waals surface area contributed by atoms with E-state index in [1.54, 1.807) is 6.07 Å². The highest BCUT2D eigenvalue weighted by Gasteiger charge is 2.15. The molecule has 0 aliphatic rings. The number of halogens is 2. The van der Waals surface area contributed by atoms with Gasteiger partial charge in [0.05, 0.1) is 6.20 Å². The molecular formula is C11H7BrFN5O. The molecule has 2 aromatic heterocycles. The Bertz CT molecular complexity index is 718. The van der Waals surface area contributed by atoms with Crippen LogP contribution in [0.4, 0.5) is 10.2 Å². The van der Waals surface area contributed by atoms with Crippen LogP contribution in [0.15, 0.2) is 33.4 Å². The zero-order chi connectivity index (χ0) is 13.4. The van der Waals surface area contributed by atoms with Gasteiger partial charge in [-0.25, -0.2) is 4.39 Å². The van der Waals surface area contributed by atoms with Crippen LogP contribution in [-0.2, 0) is 0 Å². The lowest BCUT2D eigenvalue weighted by molar-refractivity contribution is 0.432. The SMILES string of the molecule is Nc1[nH]ncc1-c1nc(-c2cc(F)cc(Br)c2)no1. The van der Waals surface area contributed by atoms with Crippen LogP contribution in [-0.4, -0.2) is 20.3 Å². The average Bonchev–Trinajstić information content (AvgIpc) is 2.95. The smallest absolute Gasteiger partial charge is 0.263 e. The molecule has 19 heavy (non-hydrogen) atoms. The van der Waals surface area contributed by atoms with Gasteiger partial charge in [-0.2, -0.15) is 10.1 Å². The molecule has 0 fully saturated rings. The lowest BCUT2D eigenvalue weighted by atomic mass is 10.2. The molecule has 6 nitrogen and oxygen atoms in total. The number of rotatable bonds is 2. The van der Waals surface area contributed by atoms with Crippen molar-refractivity contribution in [3.8, 4) is 22.8 Å². The molecule has 0 radical (unpaired) electrons. The maximum atomic E-state index is 13.3. The van der Waals surface area contributed by atoms with Crippen molar-refractivity contribution in [1.82, 2.24) is 20.3 Å². The van der Waals surface area contributed by atoms with E-state index in [0.29, 0.717) is 21.4 Å².